The summed E-state index contributed by atoms with van der Waals surface area (Å²) in [5.41, 5.74) is 1.62. The molecule has 0 radical (unpaired) electrons. The summed E-state index contributed by atoms with van der Waals surface area (Å²) in [5.74, 6) is 5.11. The molecule has 350 valence electrons. The first-order chi connectivity index (χ1) is 30.8. The minimum absolute atomic E-state index is 0.0355. The first-order valence-corrected chi connectivity index (χ1v) is 27.2. The van der Waals surface area contributed by atoms with Crippen molar-refractivity contribution < 1.29 is 33.3 Å². The van der Waals surface area contributed by atoms with Gasteiger partial charge in [0.25, 0.3) is 0 Å². The number of rotatable bonds is 21. The van der Waals surface area contributed by atoms with Gasteiger partial charge in [-0.05, 0) is 122 Å². The molecule has 0 atom stereocenters. The van der Waals surface area contributed by atoms with Crippen molar-refractivity contribution in [1.82, 2.24) is 29.5 Å². The van der Waals surface area contributed by atoms with Crippen LogP contribution in [0.1, 0.15) is 72.9 Å². The number of fused-ring (bicyclic) bond motifs is 1. The first kappa shape index (κ1) is 50.8. The minimum Gasteiger partial charge on any atom is -0.491 e. The van der Waals surface area contributed by atoms with Gasteiger partial charge in [-0.25, -0.2) is 19.0 Å². The number of benzene rings is 2. The number of aryl methyl sites for hydroxylation is 2. The largest absolute Gasteiger partial charge is 0.491 e. The monoisotopic (exact) mass is 946 g/mol. The van der Waals surface area contributed by atoms with Crippen LogP contribution in [0.25, 0.3) is 10.2 Å². The molecule has 5 aromatic rings. The number of carbonyl (C=O) groups excluding carboxylic acids is 1. The molecule has 0 aliphatic rings. The third-order valence-corrected chi connectivity index (χ3v) is 13.7. The molecule has 65 heavy (non-hydrogen) atoms. The van der Waals surface area contributed by atoms with Crippen LogP contribution in [0.5, 0.6) is 5.75 Å². The highest BCUT2D eigenvalue weighted by Gasteiger charge is 2.24. The standard InChI is InChI=1S/C47H63FN8O6S2Si/c1-33-30-40(51-52-42(33)50-45-56(32-60-28-29-65(8,9)10)36-19-12-13-20-38(36)63-45)55(26-15-11-14-24-53(5)6)44-49-41(43(57)58)39(64-44)21-17-27-61-37-23-22-34(31-35(37)48)18-16-25-54(7)46(59)62-47(2,3)4/h12-13,19-20,22-23,30-31H,11,14-15,17,21,24-29,32H2,1-10H3,(H,57,58)/b50-45-. The van der Waals surface area contributed by atoms with Gasteiger partial charge in [-0.2, -0.15) is 4.99 Å². The Morgan fingerprint density at radius 3 is 2.42 bits per heavy atom. The fraction of sp³-hybridized carbons (Fsp3) is 0.489. The van der Waals surface area contributed by atoms with E-state index in [9.17, 15) is 14.7 Å². The lowest BCUT2D eigenvalue weighted by Gasteiger charge is -2.23. The average molecular weight is 947 g/mol. The number of hydrogen-bond donors (Lipinski definition) is 1. The van der Waals surface area contributed by atoms with Crippen LogP contribution in [0.4, 0.5) is 26.0 Å². The van der Waals surface area contributed by atoms with Crippen LogP contribution in [0.2, 0.25) is 25.7 Å². The molecule has 3 heterocycles. The second-order valence-corrected chi connectivity index (χ2v) is 26.0. The number of para-hydroxylation sites is 1. The summed E-state index contributed by atoms with van der Waals surface area (Å²) < 4.78 is 35.5. The highest BCUT2D eigenvalue weighted by Crippen LogP contribution is 2.34. The number of carboxylic acids is 1. The molecule has 0 spiro atoms. The summed E-state index contributed by atoms with van der Waals surface area (Å²) in [7, 11) is 4.43. The molecule has 0 saturated heterocycles. The molecular formula is C47H63FN8O6S2Si. The quantitative estimate of drug-likeness (QED) is 0.0426. The van der Waals surface area contributed by atoms with Crippen molar-refractivity contribution in [3.8, 4) is 17.6 Å². The van der Waals surface area contributed by atoms with E-state index >= 15 is 4.39 Å². The van der Waals surface area contributed by atoms with Crippen LogP contribution in [-0.2, 0) is 22.6 Å². The van der Waals surface area contributed by atoms with Crippen LogP contribution in [0, 0.1) is 24.6 Å². The van der Waals surface area contributed by atoms with Gasteiger partial charge in [0, 0.05) is 38.7 Å². The van der Waals surface area contributed by atoms with Crippen LogP contribution in [0.3, 0.4) is 0 Å². The van der Waals surface area contributed by atoms with E-state index in [1.54, 1.807) is 45.2 Å². The molecule has 1 amide bonds. The number of carbonyl (C=O) groups is 2. The van der Waals surface area contributed by atoms with E-state index in [0.29, 0.717) is 59.9 Å². The zero-order valence-electron chi connectivity index (χ0n) is 39.4. The molecule has 0 aliphatic heterocycles. The summed E-state index contributed by atoms with van der Waals surface area (Å²) in [4.78, 5) is 41.1. The van der Waals surface area contributed by atoms with E-state index in [1.807, 2.05) is 30.0 Å². The maximum absolute atomic E-state index is 15.0. The summed E-state index contributed by atoms with van der Waals surface area (Å²) in [6, 6.07) is 15.6. The smallest absolute Gasteiger partial charge is 0.410 e. The number of ether oxygens (including phenoxy) is 3. The van der Waals surface area contributed by atoms with E-state index in [4.69, 9.17) is 19.2 Å². The fourth-order valence-electron chi connectivity index (χ4n) is 6.31. The second-order valence-electron chi connectivity index (χ2n) is 18.3. The minimum atomic E-state index is -1.25. The van der Waals surface area contributed by atoms with Gasteiger partial charge in [-0.15, -0.1) is 21.5 Å². The molecule has 0 fully saturated rings. The Hall–Kier alpha value is -5.19. The second kappa shape index (κ2) is 23.3. The van der Waals surface area contributed by atoms with Crippen molar-refractivity contribution in [3.63, 3.8) is 0 Å². The molecular weight excluding hydrogens is 884 g/mol. The highest BCUT2D eigenvalue weighted by molar-refractivity contribution is 7.16. The number of halogens is 1. The zero-order chi connectivity index (χ0) is 47.3. The van der Waals surface area contributed by atoms with Gasteiger partial charge in [0.05, 0.1) is 23.4 Å². The molecule has 0 aliphatic carbocycles. The van der Waals surface area contributed by atoms with Gasteiger partial charge in [-0.3, -0.25) is 4.57 Å². The Kier molecular flexibility index (Phi) is 18.2. The summed E-state index contributed by atoms with van der Waals surface area (Å²) in [5, 5.41) is 20.0. The normalized spacial score (nSPS) is 12.1. The van der Waals surface area contributed by atoms with Gasteiger partial charge in [0.15, 0.2) is 38.8 Å². The van der Waals surface area contributed by atoms with Crippen molar-refractivity contribution in [1.29, 1.82) is 0 Å². The predicted octanol–water partition coefficient (Wildman–Crippen LogP) is 9.74. The highest BCUT2D eigenvalue weighted by atomic mass is 32.1. The van der Waals surface area contributed by atoms with Crippen molar-refractivity contribution in [2.24, 2.45) is 4.99 Å². The Bertz CT molecular complexity index is 2540. The number of unbranched alkanes of at least 4 members (excludes halogenated alkanes) is 2. The Balaban J connectivity index is 1.31. The average Bonchev–Trinajstić information content (AvgIpc) is 3.81. The topological polar surface area (TPSA) is 148 Å². The number of nitrogens with zero attached hydrogens (tertiary/aromatic N) is 8. The molecule has 5 rings (SSSR count). The van der Waals surface area contributed by atoms with Crippen molar-refractivity contribution >= 4 is 69.8 Å². The molecule has 1 N–H and O–H groups in total. The van der Waals surface area contributed by atoms with E-state index in [-0.39, 0.29) is 24.6 Å². The summed E-state index contributed by atoms with van der Waals surface area (Å²) in [6.07, 6.45) is 3.06. The summed E-state index contributed by atoms with van der Waals surface area (Å²) in [6.45, 7) is 17.1. The van der Waals surface area contributed by atoms with Gasteiger partial charge in [-0.1, -0.05) is 61.4 Å². The maximum Gasteiger partial charge on any atom is 0.410 e. The number of aromatic carboxylic acids is 1. The van der Waals surface area contributed by atoms with Gasteiger partial charge >= 0.3 is 12.1 Å². The molecule has 14 nitrogen and oxygen atoms in total. The zero-order valence-corrected chi connectivity index (χ0v) is 42.0. The molecule has 2 aromatic carbocycles. The molecule has 0 saturated carbocycles. The first-order valence-electron chi connectivity index (χ1n) is 21.8. The van der Waals surface area contributed by atoms with Crippen LogP contribution < -0.4 is 14.4 Å². The number of amides is 1. The number of anilines is 2. The Labute approximate surface area is 391 Å². The Morgan fingerprint density at radius 1 is 0.969 bits per heavy atom. The third-order valence-electron chi connectivity index (χ3n) is 9.83. The number of hydrogen-bond acceptors (Lipinski definition) is 13. The Morgan fingerprint density at radius 2 is 1.72 bits per heavy atom. The van der Waals surface area contributed by atoms with Crippen molar-refractivity contribution in [3.05, 3.63) is 80.8 Å². The SMILES string of the molecule is Cc1cc(N(CCCCCN(C)C)c2nc(C(=O)O)c(CCCOc3ccc(C#CCN(C)C(=O)OC(C)(C)C)cc3F)s2)nnc1/N=c1\sc2ccccc2n1COCC[Si](C)(C)C. The predicted molar refractivity (Wildman–Crippen MR) is 260 cm³/mol. The van der Waals surface area contributed by atoms with Gasteiger partial charge in [0.2, 0.25) is 0 Å². The van der Waals surface area contributed by atoms with Crippen LogP contribution >= 0.6 is 22.7 Å². The number of thiazole rings is 2. The van der Waals surface area contributed by atoms with Crippen LogP contribution in [0.15, 0.2) is 53.5 Å². The number of carboxylic acid groups (broad SMARTS) is 1. The maximum atomic E-state index is 15.0. The van der Waals surface area contributed by atoms with Crippen molar-refractivity contribution in [2.45, 2.75) is 97.8 Å². The van der Waals surface area contributed by atoms with Crippen LogP contribution in [-0.4, -0.2) is 114 Å². The van der Waals surface area contributed by atoms with E-state index in [2.05, 4.69) is 82.4 Å². The lowest BCUT2D eigenvalue weighted by Crippen LogP contribution is -2.34. The van der Waals surface area contributed by atoms with Crippen molar-refractivity contribution in [2.75, 3.05) is 58.9 Å². The van der Waals surface area contributed by atoms with E-state index < -0.39 is 31.6 Å². The lowest BCUT2D eigenvalue weighted by molar-refractivity contribution is 0.0320. The fourth-order valence-corrected chi connectivity index (χ4v) is 9.22. The third kappa shape index (κ3) is 15.7. The van der Waals surface area contributed by atoms with Gasteiger partial charge < -0.3 is 34.0 Å². The molecule has 0 unspecified atom stereocenters. The van der Waals surface area contributed by atoms with E-state index in [0.717, 1.165) is 52.4 Å². The molecule has 0 bridgehead atoms. The van der Waals surface area contributed by atoms with E-state index in [1.165, 1.54) is 28.4 Å². The molecule has 18 heteroatoms. The van der Waals surface area contributed by atoms with Gasteiger partial charge in [0.1, 0.15) is 12.3 Å². The lowest BCUT2D eigenvalue weighted by atomic mass is 10.2. The number of aromatic nitrogens is 4. The molecule has 3 aromatic heterocycles. The summed E-state index contributed by atoms with van der Waals surface area (Å²) >= 11 is 2.87.